The Hall–Kier alpha value is -1.97. The molecule has 4 heteroatoms. The van der Waals surface area contributed by atoms with Gasteiger partial charge >= 0.3 is 0 Å². The monoisotopic (exact) mass is 215 g/mol. The lowest BCUT2D eigenvalue weighted by Gasteiger charge is -2.01. The van der Waals surface area contributed by atoms with Crippen molar-refractivity contribution in [2.45, 2.75) is 13.3 Å². The Morgan fingerprint density at radius 1 is 1.44 bits per heavy atom. The zero-order valence-corrected chi connectivity index (χ0v) is 9.34. The lowest BCUT2D eigenvalue weighted by molar-refractivity contribution is 0.0985. The maximum absolute atomic E-state index is 11.9. The third kappa shape index (κ3) is 2.16. The number of aryl methyl sites for hydroxylation is 2. The average molecular weight is 215 g/mol. The zero-order chi connectivity index (χ0) is 11.5. The number of aromatic nitrogens is 3. The molecule has 0 aliphatic carbocycles. The molecule has 0 atom stereocenters. The maximum atomic E-state index is 11.9. The van der Waals surface area contributed by atoms with Crippen LogP contribution in [0.15, 0.2) is 30.6 Å². The first kappa shape index (κ1) is 10.5. The van der Waals surface area contributed by atoms with Gasteiger partial charge in [-0.05, 0) is 19.1 Å². The molecular formula is C12H13N3O. The molecule has 0 saturated heterocycles. The first-order valence-corrected chi connectivity index (χ1v) is 5.10. The van der Waals surface area contributed by atoms with Crippen LogP contribution in [0, 0.1) is 6.92 Å². The third-order valence-electron chi connectivity index (χ3n) is 2.41. The van der Waals surface area contributed by atoms with Crippen molar-refractivity contribution in [1.82, 2.24) is 14.5 Å². The Morgan fingerprint density at radius 2 is 2.25 bits per heavy atom. The van der Waals surface area contributed by atoms with Crippen molar-refractivity contribution < 1.29 is 4.79 Å². The molecule has 0 radical (unpaired) electrons. The molecule has 2 aromatic rings. The molecule has 0 N–H and O–H groups in total. The van der Waals surface area contributed by atoms with Crippen LogP contribution in [-0.2, 0) is 13.5 Å². The van der Waals surface area contributed by atoms with Gasteiger partial charge in [-0.1, -0.05) is 6.07 Å². The number of Topliss-reactive ketones (excluding diaryl/α,β-unsaturated/α-hetero) is 1. The van der Waals surface area contributed by atoms with E-state index in [1.165, 1.54) is 0 Å². The molecule has 0 aliphatic heterocycles. The summed E-state index contributed by atoms with van der Waals surface area (Å²) in [5, 5.41) is 0. The van der Waals surface area contributed by atoms with Crippen LogP contribution in [0.5, 0.6) is 0 Å². The van der Waals surface area contributed by atoms with E-state index in [-0.39, 0.29) is 5.78 Å². The molecule has 0 aliphatic rings. The number of carbonyl (C=O) groups excluding carboxylic acids is 1. The van der Waals surface area contributed by atoms with Crippen molar-refractivity contribution in [3.8, 4) is 0 Å². The van der Waals surface area contributed by atoms with Gasteiger partial charge in [-0.15, -0.1) is 0 Å². The Bertz CT molecular complexity index is 516. The highest BCUT2D eigenvalue weighted by molar-refractivity contribution is 5.95. The second-order valence-corrected chi connectivity index (χ2v) is 3.72. The number of pyridine rings is 1. The minimum Gasteiger partial charge on any atom is -0.338 e. The van der Waals surface area contributed by atoms with Crippen LogP contribution in [0.1, 0.15) is 22.0 Å². The minimum absolute atomic E-state index is 0.00185. The third-order valence-corrected chi connectivity index (χ3v) is 2.41. The highest BCUT2D eigenvalue weighted by Gasteiger charge is 2.11. The number of hydrogen-bond acceptors (Lipinski definition) is 3. The molecule has 0 unspecified atom stereocenters. The van der Waals surface area contributed by atoms with Crippen LogP contribution in [0.2, 0.25) is 0 Å². The van der Waals surface area contributed by atoms with Gasteiger partial charge in [0.05, 0.1) is 6.42 Å². The van der Waals surface area contributed by atoms with Gasteiger partial charge < -0.3 is 4.57 Å². The van der Waals surface area contributed by atoms with E-state index >= 15 is 0 Å². The number of hydrogen-bond donors (Lipinski definition) is 0. The van der Waals surface area contributed by atoms with Crippen LogP contribution < -0.4 is 0 Å². The van der Waals surface area contributed by atoms with E-state index in [1.807, 2.05) is 36.9 Å². The van der Waals surface area contributed by atoms with Crippen molar-refractivity contribution in [3.05, 3.63) is 47.8 Å². The van der Waals surface area contributed by atoms with Crippen molar-refractivity contribution in [2.24, 2.45) is 7.05 Å². The summed E-state index contributed by atoms with van der Waals surface area (Å²) in [6, 6.07) is 5.45. The van der Waals surface area contributed by atoms with E-state index < -0.39 is 0 Å². The van der Waals surface area contributed by atoms with E-state index in [0.29, 0.717) is 12.1 Å². The van der Waals surface area contributed by atoms with Crippen LogP contribution >= 0.6 is 0 Å². The van der Waals surface area contributed by atoms with E-state index in [2.05, 4.69) is 9.97 Å². The van der Waals surface area contributed by atoms with Gasteiger partial charge in [0.25, 0.3) is 0 Å². The van der Waals surface area contributed by atoms with E-state index in [0.717, 1.165) is 11.5 Å². The molecule has 0 bridgehead atoms. The summed E-state index contributed by atoms with van der Waals surface area (Å²) in [4.78, 5) is 20.2. The van der Waals surface area contributed by atoms with Crippen molar-refractivity contribution in [2.75, 3.05) is 0 Å². The molecule has 2 aromatic heterocycles. The lowest BCUT2D eigenvalue weighted by Crippen LogP contribution is -2.10. The molecule has 0 amide bonds. The second-order valence-electron chi connectivity index (χ2n) is 3.72. The number of nitrogens with zero attached hydrogens (tertiary/aromatic N) is 3. The van der Waals surface area contributed by atoms with Crippen molar-refractivity contribution in [1.29, 1.82) is 0 Å². The molecule has 0 fully saturated rings. The van der Waals surface area contributed by atoms with E-state index in [1.54, 1.807) is 12.3 Å². The van der Waals surface area contributed by atoms with Gasteiger partial charge in [-0.25, -0.2) is 4.98 Å². The Balaban J connectivity index is 2.18. The first-order valence-electron chi connectivity index (χ1n) is 5.10. The summed E-state index contributed by atoms with van der Waals surface area (Å²) in [6.07, 6.45) is 3.80. The Labute approximate surface area is 94.0 Å². The highest BCUT2D eigenvalue weighted by atomic mass is 16.1. The molecular weight excluding hydrogens is 202 g/mol. The number of imidazole rings is 1. The highest BCUT2D eigenvalue weighted by Crippen LogP contribution is 2.04. The predicted octanol–water partition coefficient (Wildman–Crippen LogP) is 1.55. The fourth-order valence-corrected chi connectivity index (χ4v) is 1.50. The average Bonchev–Trinajstić information content (AvgIpc) is 2.64. The molecule has 2 heterocycles. The van der Waals surface area contributed by atoms with Gasteiger partial charge in [-0.3, -0.25) is 9.78 Å². The summed E-state index contributed by atoms with van der Waals surface area (Å²) in [5.41, 5.74) is 1.36. The fraction of sp³-hybridized carbons (Fsp3) is 0.250. The minimum atomic E-state index is -0.00185. The molecule has 0 spiro atoms. The molecule has 2 rings (SSSR count). The molecule has 4 nitrogen and oxygen atoms in total. The molecule has 0 saturated carbocycles. The van der Waals surface area contributed by atoms with E-state index in [4.69, 9.17) is 0 Å². The first-order chi connectivity index (χ1) is 7.66. The van der Waals surface area contributed by atoms with Crippen LogP contribution in [-0.4, -0.2) is 20.3 Å². The van der Waals surface area contributed by atoms with Crippen LogP contribution in [0.3, 0.4) is 0 Å². The summed E-state index contributed by atoms with van der Waals surface area (Å²) in [5.74, 6) is 0.756. The second kappa shape index (κ2) is 4.26. The Kier molecular flexibility index (Phi) is 2.81. The number of ketones is 1. The maximum Gasteiger partial charge on any atom is 0.188 e. The van der Waals surface area contributed by atoms with Gasteiger partial charge in [-0.2, -0.15) is 0 Å². The Morgan fingerprint density at radius 3 is 2.88 bits per heavy atom. The van der Waals surface area contributed by atoms with Gasteiger partial charge in [0.2, 0.25) is 0 Å². The standard InChI is InChI=1S/C12H13N3O/c1-9-4-3-5-10(14-9)11(16)8-12-13-6-7-15(12)2/h3-7H,8H2,1-2H3. The topological polar surface area (TPSA) is 47.8 Å². The lowest BCUT2D eigenvalue weighted by atomic mass is 10.2. The van der Waals surface area contributed by atoms with Gasteiger partial charge in [0, 0.05) is 25.1 Å². The molecule has 82 valence electrons. The van der Waals surface area contributed by atoms with Gasteiger partial charge in [0.1, 0.15) is 11.5 Å². The molecule has 0 aromatic carbocycles. The summed E-state index contributed by atoms with van der Waals surface area (Å²) in [7, 11) is 1.87. The zero-order valence-electron chi connectivity index (χ0n) is 9.34. The summed E-state index contributed by atoms with van der Waals surface area (Å²) in [6.45, 7) is 1.87. The summed E-state index contributed by atoms with van der Waals surface area (Å²) >= 11 is 0. The van der Waals surface area contributed by atoms with Crippen molar-refractivity contribution in [3.63, 3.8) is 0 Å². The normalized spacial score (nSPS) is 10.4. The van der Waals surface area contributed by atoms with Gasteiger partial charge in [0.15, 0.2) is 5.78 Å². The van der Waals surface area contributed by atoms with E-state index in [9.17, 15) is 4.79 Å². The molecule has 16 heavy (non-hydrogen) atoms. The largest absolute Gasteiger partial charge is 0.338 e. The van der Waals surface area contributed by atoms with Crippen LogP contribution in [0.25, 0.3) is 0 Å². The fourth-order valence-electron chi connectivity index (χ4n) is 1.50. The van der Waals surface area contributed by atoms with Crippen LogP contribution in [0.4, 0.5) is 0 Å². The quantitative estimate of drug-likeness (QED) is 0.730. The van der Waals surface area contributed by atoms with Crippen molar-refractivity contribution >= 4 is 5.78 Å². The number of rotatable bonds is 3. The summed E-state index contributed by atoms with van der Waals surface area (Å²) < 4.78 is 1.84. The smallest absolute Gasteiger partial charge is 0.188 e. The SMILES string of the molecule is Cc1cccc(C(=O)Cc2nccn2C)n1. The predicted molar refractivity (Wildman–Crippen MR) is 60.2 cm³/mol. The number of carbonyl (C=O) groups is 1.